The summed E-state index contributed by atoms with van der Waals surface area (Å²) in [5.74, 6) is -1.91. The molecule has 0 aliphatic rings. The predicted molar refractivity (Wildman–Crippen MR) is 130 cm³/mol. The second kappa shape index (κ2) is 11.0. The summed E-state index contributed by atoms with van der Waals surface area (Å²) >= 11 is 0. The standard InChI is InChI=1S/C24H25N3O8S/c1-16-18(15-23(28)25-21(24(29)30)12-13-35-27(31)32)14-22(26(16)19-6-4-3-5-7-19)17-8-10-20(11-9-17)36(2,33)34/h3-11,14,21H,12-13,15H2,1-2H3,(H,25,28)(H,29,30)/t21-/m1/s1. The van der Waals surface area contributed by atoms with Gasteiger partial charge in [0.1, 0.15) is 6.04 Å². The Morgan fingerprint density at radius 1 is 1.14 bits per heavy atom. The fraction of sp³-hybridized carbons (Fsp3) is 0.250. The molecule has 2 N–H and O–H groups in total. The van der Waals surface area contributed by atoms with Crippen LogP contribution in [0.3, 0.4) is 0 Å². The van der Waals surface area contributed by atoms with Crippen molar-refractivity contribution in [3.8, 4) is 16.9 Å². The lowest BCUT2D eigenvalue weighted by Crippen LogP contribution is -2.42. The molecule has 11 nitrogen and oxygen atoms in total. The minimum atomic E-state index is -3.37. The van der Waals surface area contributed by atoms with Crippen molar-refractivity contribution in [3.63, 3.8) is 0 Å². The van der Waals surface area contributed by atoms with Gasteiger partial charge in [-0.1, -0.05) is 30.3 Å². The van der Waals surface area contributed by atoms with Crippen LogP contribution in [0, 0.1) is 17.0 Å². The van der Waals surface area contributed by atoms with Crippen LogP contribution in [0.25, 0.3) is 16.9 Å². The largest absolute Gasteiger partial charge is 0.480 e. The molecule has 3 rings (SSSR count). The molecule has 190 valence electrons. The summed E-state index contributed by atoms with van der Waals surface area (Å²) in [7, 11) is -3.37. The third kappa shape index (κ3) is 6.48. The Morgan fingerprint density at radius 2 is 1.78 bits per heavy atom. The summed E-state index contributed by atoms with van der Waals surface area (Å²) in [6.07, 6.45) is 0.716. The minimum absolute atomic E-state index is 0.139. The van der Waals surface area contributed by atoms with Crippen LogP contribution < -0.4 is 5.32 Å². The Labute approximate surface area is 207 Å². The zero-order valence-electron chi connectivity index (χ0n) is 19.6. The van der Waals surface area contributed by atoms with Crippen molar-refractivity contribution >= 4 is 21.7 Å². The van der Waals surface area contributed by atoms with E-state index in [1.165, 1.54) is 12.1 Å². The lowest BCUT2D eigenvalue weighted by Gasteiger charge is -2.14. The van der Waals surface area contributed by atoms with Gasteiger partial charge in [0.15, 0.2) is 9.84 Å². The van der Waals surface area contributed by atoms with Gasteiger partial charge in [-0.25, -0.2) is 13.2 Å². The zero-order chi connectivity index (χ0) is 26.5. The molecule has 0 aliphatic carbocycles. The number of aromatic nitrogens is 1. The molecule has 3 aromatic rings. The number of carboxylic acid groups (broad SMARTS) is 1. The van der Waals surface area contributed by atoms with Gasteiger partial charge in [0.2, 0.25) is 5.91 Å². The Bertz CT molecular complexity index is 1370. The molecule has 1 heterocycles. The number of carbonyl (C=O) groups is 2. The molecule has 1 amide bonds. The first kappa shape index (κ1) is 26.4. The van der Waals surface area contributed by atoms with Crippen LogP contribution in [-0.2, 0) is 30.7 Å². The van der Waals surface area contributed by atoms with E-state index in [1.807, 2.05) is 41.8 Å². The number of nitrogens with one attached hydrogen (secondary N) is 1. The average molecular weight is 516 g/mol. The lowest BCUT2D eigenvalue weighted by atomic mass is 10.1. The molecule has 0 unspecified atom stereocenters. The van der Waals surface area contributed by atoms with Gasteiger partial charge < -0.3 is 19.8 Å². The van der Waals surface area contributed by atoms with Gasteiger partial charge in [-0.15, -0.1) is 10.1 Å². The van der Waals surface area contributed by atoms with Crippen molar-refractivity contribution in [3.05, 3.63) is 82.0 Å². The van der Waals surface area contributed by atoms with Gasteiger partial charge >= 0.3 is 5.97 Å². The van der Waals surface area contributed by atoms with Crippen molar-refractivity contribution in [1.82, 2.24) is 9.88 Å². The van der Waals surface area contributed by atoms with E-state index in [2.05, 4.69) is 10.2 Å². The third-order valence-electron chi connectivity index (χ3n) is 5.53. The second-order valence-electron chi connectivity index (χ2n) is 8.09. The molecule has 1 aromatic heterocycles. The molecule has 36 heavy (non-hydrogen) atoms. The van der Waals surface area contributed by atoms with Crippen LogP contribution in [0.5, 0.6) is 0 Å². The van der Waals surface area contributed by atoms with Crippen molar-refractivity contribution in [1.29, 1.82) is 0 Å². The van der Waals surface area contributed by atoms with Gasteiger partial charge in [0.25, 0.3) is 5.09 Å². The second-order valence-corrected chi connectivity index (χ2v) is 10.1. The van der Waals surface area contributed by atoms with Crippen molar-refractivity contribution in [2.24, 2.45) is 0 Å². The number of hydrogen-bond donors (Lipinski definition) is 2. The highest BCUT2D eigenvalue weighted by Crippen LogP contribution is 2.30. The number of amides is 1. The van der Waals surface area contributed by atoms with E-state index in [0.29, 0.717) is 5.56 Å². The summed E-state index contributed by atoms with van der Waals surface area (Å²) in [5.41, 5.74) is 3.63. The topological polar surface area (TPSA) is 158 Å². The first-order chi connectivity index (χ1) is 17.0. The Balaban J connectivity index is 1.92. The molecule has 12 heteroatoms. The highest BCUT2D eigenvalue weighted by molar-refractivity contribution is 7.90. The predicted octanol–water partition coefficient (Wildman–Crippen LogP) is 2.57. The summed E-state index contributed by atoms with van der Waals surface area (Å²) < 4.78 is 25.6. The maximum absolute atomic E-state index is 12.7. The fourth-order valence-electron chi connectivity index (χ4n) is 3.75. The van der Waals surface area contributed by atoms with Crippen molar-refractivity contribution in [2.75, 3.05) is 12.9 Å². The van der Waals surface area contributed by atoms with Gasteiger partial charge in [0, 0.05) is 24.1 Å². The van der Waals surface area contributed by atoms with Crippen LogP contribution in [0.2, 0.25) is 0 Å². The van der Waals surface area contributed by atoms with E-state index >= 15 is 0 Å². The smallest absolute Gasteiger partial charge is 0.326 e. The van der Waals surface area contributed by atoms with Gasteiger partial charge in [-0.2, -0.15) is 0 Å². The number of rotatable bonds is 11. The first-order valence-electron chi connectivity index (χ1n) is 10.8. The van der Waals surface area contributed by atoms with Crippen molar-refractivity contribution in [2.45, 2.75) is 30.7 Å². The highest BCUT2D eigenvalue weighted by Gasteiger charge is 2.23. The van der Waals surface area contributed by atoms with Crippen LogP contribution in [-0.4, -0.2) is 54.0 Å². The SMILES string of the molecule is Cc1c(CC(=O)N[C@H](CCO[N+](=O)[O-])C(=O)O)cc(-c2ccc(S(C)(=O)=O)cc2)n1-c1ccccc1. The van der Waals surface area contributed by atoms with Crippen LogP contribution in [0.1, 0.15) is 17.7 Å². The quantitative estimate of drug-likeness (QED) is 0.291. The van der Waals surface area contributed by atoms with Gasteiger partial charge in [-0.05, 0) is 48.4 Å². The minimum Gasteiger partial charge on any atom is -0.480 e. The number of sulfone groups is 1. The maximum atomic E-state index is 12.7. The summed E-state index contributed by atoms with van der Waals surface area (Å²) in [6, 6.07) is 16.2. The summed E-state index contributed by atoms with van der Waals surface area (Å²) in [5, 5.41) is 21.0. The molecule has 0 saturated carbocycles. The highest BCUT2D eigenvalue weighted by atomic mass is 32.2. The molecular weight excluding hydrogens is 490 g/mol. The number of carbonyl (C=O) groups excluding carboxylic acids is 1. The zero-order valence-corrected chi connectivity index (χ0v) is 20.4. The number of benzene rings is 2. The summed E-state index contributed by atoms with van der Waals surface area (Å²) in [4.78, 5) is 38.8. The van der Waals surface area contributed by atoms with Gasteiger partial charge in [-0.3, -0.25) is 4.79 Å². The molecule has 0 radical (unpaired) electrons. The molecule has 0 saturated heterocycles. The molecule has 0 bridgehead atoms. The van der Waals surface area contributed by atoms with E-state index in [-0.39, 0.29) is 17.7 Å². The van der Waals surface area contributed by atoms with Crippen LogP contribution in [0.15, 0.2) is 65.6 Å². The van der Waals surface area contributed by atoms with Gasteiger partial charge in [0.05, 0.1) is 23.6 Å². The van der Waals surface area contributed by atoms with E-state index in [1.54, 1.807) is 18.2 Å². The van der Waals surface area contributed by atoms with Crippen LogP contribution >= 0.6 is 0 Å². The van der Waals surface area contributed by atoms with E-state index in [4.69, 9.17) is 0 Å². The van der Waals surface area contributed by atoms with E-state index in [0.717, 1.165) is 28.9 Å². The molecule has 0 spiro atoms. The molecule has 0 fully saturated rings. The van der Waals surface area contributed by atoms with Crippen LogP contribution in [0.4, 0.5) is 0 Å². The normalized spacial score (nSPS) is 12.1. The molecule has 2 aromatic carbocycles. The molecular formula is C24H25N3O8S. The average Bonchev–Trinajstić information content (AvgIpc) is 3.14. The Morgan fingerprint density at radius 3 is 2.33 bits per heavy atom. The van der Waals surface area contributed by atoms with E-state index < -0.39 is 39.4 Å². The monoisotopic (exact) mass is 515 g/mol. The number of nitrogens with zero attached hydrogens (tertiary/aromatic N) is 2. The number of aliphatic carboxylic acids is 1. The lowest BCUT2D eigenvalue weighted by molar-refractivity contribution is -0.757. The number of para-hydroxylation sites is 1. The van der Waals surface area contributed by atoms with E-state index in [9.17, 15) is 33.2 Å². The molecule has 0 aliphatic heterocycles. The Hall–Kier alpha value is -4.19. The summed E-state index contributed by atoms with van der Waals surface area (Å²) in [6.45, 7) is 1.35. The molecule has 1 atom stereocenters. The maximum Gasteiger partial charge on any atom is 0.326 e. The Kier molecular flexibility index (Phi) is 8.10. The number of hydrogen-bond acceptors (Lipinski definition) is 7. The number of carboxylic acids is 1. The first-order valence-corrected chi connectivity index (χ1v) is 12.7. The van der Waals surface area contributed by atoms with Crippen molar-refractivity contribution < 1.29 is 33.0 Å². The fourth-order valence-corrected chi connectivity index (χ4v) is 4.38. The third-order valence-corrected chi connectivity index (χ3v) is 6.66.